The monoisotopic (exact) mass is 289 g/mol. The van der Waals surface area contributed by atoms with Crippen molar-refractivity contribution in [2.75, 3.05) is 7.05 Å². The highest BCUT2D eigenvalue weighted by molar-refractivity contribution is 5.90. The number of carbonyl (C=O) groups excluding carboxylic acids is 1. The quantitative estimate of drug-likeness (QED) is 0.710. The lowest BCUT2D eigenvalue weighted by Gasteiger charge is -2.18. The van der Waals surface area contributed by atoms with Gasteiger partial charge in [0.05, 0.1) is 6.42 Å². The van der Waals surface area contributed by atoms with Gasteiger partial charge in [-0.05, 0) is 21.9 Å². The molecule has 3 aromatic carbocycles. The first-order chi connectivity index (χ1) is 10.7. The average molecular weight is 289 g/mol. The molecule has 0 saturated heterocycles. The Morgan fingerprint density at radius 1 is 0.864 bits per heavy atom. The number of likely N-dealkylation sites (N-methyl/N-ethyl adjacent to an activating group) is 1. The van der Waals surface area contributed by atoms with Gasteiger partial charge in [-0.2, -0.15) is 0 Å². The second-order valence-corrected chi connectivity index (χ2v) is 5.55. The summed E-state index contributed by atoms with van der Waals surface area (Å²) in [6, 6.07) is 24.4. The lowest BCUT2D eigenvalue weighted by molar-refractivity contribution is -0.129. The summed E-state index contributed by atoms with van der Waals surface area (Å²) in [5.41, 5.74) is 2.24. The summed E-state index contributed by atoms with van der Waals surface area (Å²) < 4.78 is 0. The number of hydrogen-bond donors (Lipinski definition) is 0. The van der Waals surface area contributed by atoms with Crippen LogP contribution in [0.4, 0.5) is 0 Å². The van der Waals surface area contributed by atoms with Gasteiger partial charge in [0.1, 0.15) is 0 Å². The smallest absolute Gasteiger partial charge is 0.227 e. The third-order valence-electron chi connectivity index (χ3n) is 3.91. The molecule has 0 atom stereocenters. The minimum atomic E-state index is 0.139. The summed E-state index contributed by atoms with van der Waals surface area (Å²) in [6.07, 6.45) is 0.435. The minimum Gasteiger partial charge on any atom is -0.341 e. The Morgan fingerprint density at radius 2 is 1.55 bits per heavy atom. The van der Waals surface area contributed by atoms with Crippen molar-refractivity contribution in [2.24, 2.45) is 0 Å². The molecule has 0 aliphatic rings. The first-order valence-electron chi connectivity index (χ1n) is 7.48. The molecule has 3 aromatic rings. The second-order valence-electron chi connectivity index (χ2n) is 5.55. The van der Waals surface area contributed by atoms with E-state index in [2.05, 4.69) is 18.2 Å². The zero-order chi connectivity index (χ0) is 15.4. The lowest BCUT2D eigenvalue weighted by atomic mass is 10.0. The van der Waals surface area contributed by atoms with E-state index in [9.17, 15) is 4.79 Å². The van der Waals surface area contributed by atoms with Crippen LogP contribution in [0.25, 0.3) is 10.8 Å². The Morgan fingerprint density at radius 3 is 2.36 bits per heavy atom. The molecular weight excluding hydrogens is 270 g/mol. The van der Waals surface area contributed by atoms with Crippen molar-refractivity contribution in [3.05, 3.63) is 83.9 Å². The fraction of sp³-hybridized carbons (Fsp3) is 0.150. The number of fused-ring (bicyclic) bond motifs is 1. The van der Waals surface area contributed by atoms with E-state index in [1.165, 1.54) is 5.39 Å². The summed E-state index contributed by atoms with van der Waals surface area (Å²) in [5, 5.41) is 2.34. The van der Waals surface area contributed by atoms with Crippen molar-refractivity contribution in [1.82, 2.24) is 4.90 Å². The van der Waals surface area contributed by atoms with Gasteiger partial charge < -0.3 is 4.90 Å². The Kier molecular flexibility index (Phi) is 4.19. The zero-order valence-corrected chi connectivity index (χ0v) is 12.7. The van der Waals surface area contributed by atoms with Crippen LogP contribution in [0, 0.1) is 0 Å². The lowest BCUT2D eigenvalue weighted by Crippen LogP contribution is -2.27. The molecule has 110 valence electrons. The van der Waals surface area contributed by atoms with E-state index in [0.717, 1.165) is 16.5 Å². The van der Waals surface area contributed by atoms with E-state index in [4.69, 9.17) is 0 Å². The fourth-order valence-corrected chi connectivity index (χ4v) is 2.69. The molecule has 0 saturated carbocycles. The molecule has 0 spiro atoms. The molecule has 0 fully saturated rings. The maximum absolute atomic E-state index is 12.5. The van der Waals surface area contributed by atoms with Gasteiger partial charge in [-0.25, -0.2) is 0 Å². The minimum absolute atomic E-state index is 0.139. The number of amides is 1. The topological polar surface area (TPSA) is 20.3 Å². The maximum atomic E-state index is 12.5. The Labute approximate surface area is 131 Å². The van der Waals surface area contributed by atoms with Gasteiger partial charge in [-0.15, -0.1) is 0 Å². The highest BCUT2D eigenvalue weighted by Gasteiger charge is 2.11. The van der Waals surface area contributed by atoms with E-state index >= 15 is 0 Å². The van der Waals surface area contributed by atoms with Gasteiger partial charge in [-0.3, -0.25) is 4.79 Å². The average Bonchev–Trinajstić information content (AvgIpc) is 2.56. The second kappa shape index (κ2) is 6.44. The molecule has 0 aliphatic heterocycles. The van der Waals surface area contributed by atoms with Crippen molar-refractivity contribution in [3.8, 4) is 0 Å². The van der Waals surface area contributed by atoms with Gasteiger partial charge in [-0.1, -0.05) is 72.8 Å². The SMILES string of the molecule is CN(Cc1ccccc1)C(=O)Cc1cccc2ccccc12. The number of benzene rings is 3. The van der Waals surface area contributed by atoms with Crippen LogP contribution >= 0.6 is 0 Å². The van der Waals surface area contributed by atoms with Crippen LogP contribution in [-0.2, 0) is 17.8 Å². The maximum Gasteiger partial charge on any atom is 0.227 e. The molecule has 0 radical (unpaired) electrons. The summed E-state index contributed by atoms with van der Waals surface area (Å²) >= 11 is 0. The number of rotatable bonds is 4. The van der Waals surface area contributed by atoms with Crippen molar-refractivity contribution < 1.29 is 4.79 Å². The molecule has 0 unspecified atom stereocenters. The van der Waals surface area contributed by atoms with E-state index < -0.39 is 0 Å². The number of hydrogen-bond acceptors (Lipinski definition) is 1. The van der Waals surface area contributed by atoms with Gasteiger partial charge in [0.15, 0.2) is 0 Å². The van der Waals surface area contributed by atoms with Gasteiger partial charge in [0.25, 0.3) is 0 Å². The van der Waals surface area contributed by atoms with Crippen LogP contribution in [0.3, 0.4) is 0 Å². The van der Waals surface area contributed by atoms with Crippen LogP contribution in [0.5, 0.6) is 0 Å². The van der Waals surface area contributed by atoms with Crippen LogP contribution in [0.1, 0.15) is 11.1 Å². The van der Waals surface area contributed by atoms with Gasteiger partial charge in [0, 0.05) is 13.6 Å². The Balaban J connectivity index is 1.75. The van der Waals surface area contributed by atoms with E-state index in [-0.39, 0.29) is 5.91 Å². The van der Waals surface area contributed by atoms with E-state index in [0.29, 0.717) is 13.0 Å². The molecule has 0 N–H and O–H groups in total. The first kappa shape index (κ1) is 14.3. The standard InChI is InChI=1S/C20H19NO/c1-21(15-16-8-3-2-4-9-16)20(22)14-18-12-7-11-17-10-5-6-13-19(17)18/h2-13H,14-15H2,1H3. The molecule has 2 nitrogen and oxygen atoms in total. The van der Waals surface area contributed by atoms with Crippen molar-refractivity contribution in [1.29, 1.82) is 0 Å². The van der Waals surface area contributed by atoms with Gasteiger partial charge in [0.2, 0.25) is 5.91 Å². The summed E-state index contributed by atoms with van der Waals surface area (Å²) in [6.45, 7) is 0.643. The molecule has 0 aliphatic carbocycles. The Hall–Kier alpha value is -2.61. The Bertz CT molecular complexity index is 775. The number of nitrogens with zero attached hydrogens (tertiary/aromatic N) is 1. The predicted octanol–water partition coefficient (Wildman–Crippen LogP) is 4.04. The molecule has 3 rings (SSSR count). The largest absolute Gasteiger partial charge is 0.341 e. The summed E-state index contributed by atoms with van der Waals surface area (Å²) in [5.74, 6) is 0.139. The molecule has 0 heterocycles. The van der Waals surface area contributed by atoms with E-state index in [1.807, 2.05) is 61.6 Å². The zero-order valence-electron chi connectivity index (χ0n) is 12.7. The third-order valence-corrected chi connectivity index (χ3v) is 3.91. The van der Waals surface area contributed by atoms with Crippen LogP contribution in [0.2, 0.25) is 0 Å². The molecule has 0 bridgehead atoms. The van der Waals surface area contributed by atoms with Crippen LogP contribution < -0.4 is 0 Å². The van der Waals surface area contributed by atoms with Crippen molar-refractivity contribution in [3.63, 3.8) is 0 Å². The highest BCUT2D eigenvalue weighted by Crippen LogP contribution is 2.19. The molecule has 2 heteroatoms. The van der Waals surface area contributed by atoms with E-state index in [1.54, 1.807) is 4.90 Å². The fourth-order valence-electron chi connectivity index (χ4n) is 2.69. The first-order valence-corrected chi connectivity index (χ1v) is 7.48. The highest BCUT2D eigenvalue weighted by atomic mass is 16.2. The normalized spacial score (nSPS) is 10.6. The molecule has 22 heavy (non-hydrogen) atoms. The van der Waals surface area contributed by atoms with Crippen molar-refractivity contribution in [2.45, 2.75) is 13.0 Å². The molecule has 0 aromatic heterocycles. The van der Waals surface area contributed by atoms with Crippen LogP contribution in [0.15, 0.2) is 72.8 Å². The van der Waals surface area contributed by atoms with Crippen molar-refractivity contribution >= 4 is 16.7 Å². The third kappa shape index (κ3) is 3.17. The molecular formula is C20H19NO. The predicted molar refractivity (Wildman–Crippen MR) is 90.6 cm³/mol. The van der Waals surface area contributed by atoms with Gasteiger partial charge >= 0.3 is 0 Å². The molecule has 1 amide bonds. The summed E-state index contributed by atoms with van der Waals surface area (Å²) in [7, 11) is 1.86. The number of carbonyl (C=O) groups is 1. The van der Waals surface area contributed by atoms with Crippen LogP contribution in [-0.4, -0.2) is 17.9 Å². The summed E-state index contributed by atoms with van der Waals surface area (Å²) in [4.78, 5) is 14.3.